The molecule has 2 aliphatic heterocycles. The molecule has 2 heterocycles. The number of imide groups is 1. The van der Waals surface area contributed by atoms with Gasteiger partial charge in [0, 0.05) is 20.0 Å². The van der Waals surface area contributed by atoms with E-state index in [2.05, 4.69) is 5.32 Å². The summed E-state index contributed by atoms with van der Waals surface area (Å²) in [6, 6.07) is -1.73. The molecule has 2 fully saturated rings. The Kier molecular flexibility index (Phi) is 15.2. The molecule has 2 aliphatic rings. The van der Waals surface area contributed by atoms with Crippen LogP contribution in [0.3, 0.4) is 0 Å². The van der Waals surface area contributed by atoms with Gasteiger partial charge in [-0.15, -0.1) is 0 Å². The molecule has 4 atom stereocenters. The minimum atomic E-state index is -1.88. The Morgan fingerprint density at radius 1 is 1.00 bits per heavy atom. The highest BCUT2D eigenvalue weighted by molar-refractivity contribution is 6.05. The van der Waals surface area contributed by atoms with Gasteiger partial charge in [0.05, 0.1) is 0 Å². The lowest BCUT2D eigenvalue weighted by molar-refractivity contribution is -0.191. The summed E-state index contributed by atoms with van der Waals surface area (Å²) in [6.07, 6.45) is 1.88. The van der Waals surface area contributed by atoms with Gasteiger partial charge in [0.1, 0.15) is 18.1 Å². The van der Waals surface area contributed by atoms with Crippen LogP contribution in [0.5, 0.6) is 0 Å². The third-order valence-corrected chi connectivity index (χ3v) is 4.41. The fraction of sp³-hybridized carbons (Fsp3) is 0.684. The minimum absolute atomic E-state index is 0.0467. The number of ether oxygens (including phenoxy) is 1. The number of methoxy groups -OCH3 is 1. The molecule has 0 saturated carbocycles. The summed E-state index contributed by atoms with van der Waals surface area (Å²) in [6.45, 7) is 4.87. The maximum Gasteiger partial charge on any atom is 0.357 e. The lowest BCUT2D eigenvalue weighted by Gasteiger charge is -2.31. The van der Waals surface area contributed by atoms with Crippen LogP contribution in [0.4, 0.5) is 0 Å². The molecule has 15 heteroatoms. The molecule has 2 saturated heterocycles. The largest absolute Gasteiger partial charge is 0.480 e. The van der Waals surface area contributed by atoms with E-state index in [0.29, 0.717) is 4.90 Å². The molecule has 0 aromatic heterocycles. The zero-order chi connectivity index (χ0) is 27.2. The Balaban J connectivity index is 0. The lowest BCUT2D eigenvalue weighted by atomic mass is 10.2. The van der Waals surface area contributed by atoms with Gasteiger partial charge in [0.15, 0.2) is 0 Å². The van der Waals surface area contributed by atoms with Gasteiger partial charge in [-0.2, -0.15) is 0 Å². The lowest BCUT2D eigenvalue weighted by Crippen LogP contribution is -2.56. The molecule has 0 spiro atoms. The van der Waals surface area contributed by atoms with Crippen LogP contribution in [0.1, 0.15) is 46.5 Å². The molecule has 9 N–H and O–H groups in total. The van der Waals surface area contributed by atoms with E-state index in [9.17, 15) is 28.8 Å². The van der Waals surface area contributed by atoms with E-state index in [-0.39, 0.29) is 18.9 Å². The SMILES string of the molecule is CO[C@](C)(C(=O)O)N1C(=O)CCC1=O.C[C@H](N)C(=O)O.C[C@H](N)C(=O)O.O=C(O)[C@@H]1CCCN1. The number of nitrogens with one attached hydrogen (secondary N) is 1. The highest BCUT2D eigenvalue weighted by Crippen LogP contribution is 2.24. The molecule has 0 aromatic rings. The first-order valence-electron chi connectivity index (χ1n) is 10.1. The summed E-state index contributed by atoms with van der Waals surface area (Å²) < 4.78 is 4.71. The summed E-state index contributed by atoms with van der Waals surface area (Å²) in [4.78, 5) is 63.3. The van der Waals surface area contributed by atoms with Gasteiger partial charge in [0.2, 0.25) is 17.5 Å². The Bertz CT molecular complexity index is 702. The summed E-state index contributed by atoms with van der Waals surface area (Å²) in [5.74, 6) is -5.03. The number of hydrogen-bond acceptors (Lipinski definition) is 10. The quantitative estimate of drug-likeness (QED) is 0.202. The van der Waals surface area contributed by atoms with E-state index in [1.165, 1.54) is 20.8 Å². The summed E-state index contributed by atoms with van der Waals surface area (Å²) in [7, 11) is 1.15. The van der Waals surface area contributed by atoms with E-state index in [1.807, 2.05) is 0 Å². The number of aliphatic carboxylic acids is 4. The van der Waals surface area contributed by atoms with Crippen molar-refractivity contribution >= 4 is 35.7 Å². The predicted octanol–water partition coefficient (Wildman–Crippen LogP) is -1.76. The van der Waals surface area contributed by atoms with E-state index in [1.54, 1.807) is 0 Å². The number of amides is 2. The van der Waals surface area contributed by atoms with Crippen molar-refractivity contribution in [3.63, 3.8) is 0 Å². The number of carboxylic acids is 4. The van der Waals surface area contributed by atoms with Crippen LogP contribution in [-0.2, 0) is 33.5 Å². The molecule has 0 bridgehead atoms. The first-order chi connectivity index (χ1) is 15.5. The highest BCUT2D eigenvalue weighted by Gasteiger charge is 2.49. The van der Waals surface area contributed by atoms with Crippen molar-refractivity contribution in [3.05, 3.63) is 0 Å². The average Bonchev–Trinajstić information content (AvgIpc) is 3.39. The van der Waals surface area contributed by atoms with Crippen molar-refractivity contribution < 1.29 is 53.9 Å². The Labute approximate surface area is 196 Å². The smallest absolute Gasteiger partial charge is 0.357 e. The maximum atomic E-state index is 11.3. The van der Waals surface area contributed by atoms with Crippen molar-refractivity contribution in [2.75, 3.05) is 13.7 Å². The molecule has 34 heavy (non-hydrogen) atoms. The Morgan fingerprint density at radius 2 is 1.38 bits per heavy atom. The number of carboxylic acid groups (broad SMARTS) is 4. The average molecular weight is 494 g/mol. The van der Waals surface area contributed by atoms with Gasteiger partial charge in [-0.1, -0.05) is 0 Å². The van der Waals surface area contributed by atoms with Crippen LogP contribution in [0.15, 0.2) is 0 Å². The molecule has 15 nitrogen and oxygen atoms in total. The Morgan fingerprint density at radius 3 is 1.56 bits per heavy atom. The minimum Gasteiger partial charge on any atom is -0.480 e. The number of carbonyl (C=O) groups excluding carboxylic acids is 2. The molecular formula is C19H34N4O11. The second-order valence-electron chi connectivity index (χ2n) is 7.36. The van der Waals surface area contributed by atoms with Gasteiger partial charge in [0.25, 0.3) is 0 Å². The third kappa shape index (κ3) is 11.6. The molecule has 196 valence electrons. The fourth-order valence-corrected chi connectivity index (χ4v) is 2.22. The van der Waals surface area contributed by atoms with Gasteiger partial charge >= 0.3 is 23.9 Å². The highest BCUT2D eigenvalue weighted by atomic mass is 16.5. The number of carbonyl (C=O) groups is 6. The van der Waals surface area contributed by atoms with Crippen LogP contribution in [-0.4, -0.2) is 98.5 Å². The number of likely N-dealkylation sites (tertiary alicyclic amines) is 1. The standard InChI is InChI=1S/C8H11NO5.C5H9NO2.2C3H7NO2/c1-8(14-2,7(12)13)9-5(10)3-4-6(9)11;7-5(8)4-2-1-3-6-4;2*1-2(4)3(5)6/h3-4H2,1-2H3,(H,12,13);4,6H,1-3H2,(H,7,8);2*2H,4H2,1H3,(H,5,6)/t8-;4-;2*2-/m1000/s1. The van der Waals surface area contributed by atoms with Gasteiger partial charge in [-0.25, -0.2) is 9.69 Å². The first kappa shape index (κ1) is 33.0. The maximum absolute atomic E-state index is 11.3. The molecule has 0 radical (unpaired) electrons. The van der Waals surface area contributed by atoms with Gasteiger partial charge in [-0.3, -0.25) is 24.0 Å². The second-order valence-corrected chi connectivity index (χ2v) is 7.36. The van der Waals surface area contributed by atoms with Gasteiger partial charge in [-0.05, 0) is 40.2 Å². The second kappa shape index (κ2) is 15.7. The zero-order valence-electron chi connectivity index (χ0n) is 19.5. The van der Waals surface area contributed by atoms with E-state index < -0.39 is 53.5 Å². The van der Waals surface area contributed by atoms with Crippen LogP contribution < -0.4 is 16.8 Å². The molecule has 2 amide bonds. The topological polar surface area (TPSA) is 260 Å². The number of hydrogen-bond donors (Lipinski definition) is 7. The van der Waals surface area contributed by atoms with Crippen molar-refractivity contribution in [2.45, 2.75) is 70.3 Å². The van der Waals surface area contributed by atoms with Crippen LogP contribution in [0.2, 0.25) is 0 Å². The number of nitrogens with zero attached hydrogens (tertiary/aromatic N) is 1. The van der Waals surface area contributed by atoms with E-state index >= 15 is 0 Å². The van der Waals surface area contributed by atoms with E-state index in [4.69, 9.17) is 36.6 Å². The number of rotatable bonds is 6. The van der Waals surface area contributed by atoms with Crippen LogP contribution >= 0.6 is 0 Å². The van der Waals surface area contributed by atoms with Crippen LogP contribution in [0.25, 0.3) is 0 Å². The first-order valence-corrected chi connectivity index (χ1v) is 10.1. The van der Waals surface area contributed by atoms with Crippen molar-refractivity contribution in [1.29, 1.82) is 0 Å². The molecule has 0 aromatic carbocycles. The molecule has 2 rings (SSSR count). The normalized spacial score (nSPS) is 20.2. The van der Waals surface area contributed by atoms with E-state index in [0.717, 1.165) is 26.5 Å². The van der Waals surface area contributed by atoms with Crippen molar-refractivity contribution in [2.24, 2.45) is 11.5 Å². The van der Waals surface area contributed by atoms with Crippen molar-refractivity contribution in [1.82, 2.24) is 10.2 Å². The Hall–Kier alpha value is -3.14. The summed E-state index contributed by atoms with van der Waals surface area (Å²) >= 11 is 0. The number of nitrogens with two attached hydrogens (primary N) is 2. The predicted molar refractivity (Wildman–Crippen MR) is 115 cm³/mol. The monoisotopic (exact) mass is 494 g/mol. The van der Waals surface area contributed by atoms with Crippen molar-refractivity contribution in [3.8, 4) is 0 Å². The molecule has 0 unspecified atom stereocenters. The summed E-state index contributed by atoms with van der Waals surface area (Å²) in [5.41, 5.74) is 7.79. The zero-order valence-corrected chi connectivity index (χ0v) is 19.5. The molecule has 0 aliphatic carbocycles. The molecular weight excluding hydrogens is 460 g/mol. The third-order valence-electron chi connectivity index (χ3n) is 4.41. The summed E-state index contributed by atoms with van der Waals surface area (Å²) in [5, 5.41) is 35.8. The van der Waals surface area contributed by atoms with Crippen LogP contribution in [0, 0.1) is 0 Å². The van der Waals surface area contributed by atoms with Gasteiger partial charge < -0.3 is 41.9 Å². The fourth-order valence-electron chi connectivity index (χ4n) is 2.22.